The Morgan fingerprint density at radius 2 is 1.45 bits per heavy atom. The number of ether oxygens (including phenoxy) is 1. The predicted octanol–water partition coefficient (Wildman–Crippen LogP) is 8.00. The number of aromatic nitrogens is 1. The molecule has 0 amide bonds. The maximum atomic E-state index is 14.1. The minimum Gasteiger partial charge on any atom is -0.416 e. The Morgan fingerprint density at radius 3 is 1.94 bits per heavy atom. The predicted molar refractivity (Wildman–Crippen MR) is 114 cm³/mol. The summed E-state index contributed by atoms with van der Waals surface area (Å²) in [7, 11) is 0. The van der Waals surface area contributed by atoms with Crippen molar-refractivity contribution in [1.29, 1.82) is 0 Å². The molecule has 1 heterocycles. The molecule has 1 N–H and O–H groups in total. The number of esters is 1. The van der Waals surface area contributed by atoms with Crippen LogP contribution in [0.5, 0.6) is 5.75 Å². The second kappa shape index (κ2) is 8.49. The van der Waals surface area contributed by atoms with Gasteiger partial charge < -0.3 is 9.72 Å². The largest absolute Gasteiger partial charge is 0.416 e. The van der Waals surface area contributed by atoms with E-state index in [1.807, 2.05) is 6.92 Å². The van der Waals surface area contributed by atoms with Crippen molar-refractivity contribution in [3.8, 4) is 16.9 Å². The van der Waals surface area contributed by atoms with Crippen LogP contribution in [0, 0.1) is 29.1 Å². The molecule has 1 aromatic heterocycles. The molecule has 174 valence electrons. The van der Waals surface area contributed by atoms with E-state index >= 15 is 0 Å². The molecule has 3 nitrogen and oxygen atoms in total. The molecule has 11 heteroatoms. The van der Waals surface area contributed by atoms with Gasteiger partial charge in [-0.3, -0.25) is 0 Å². The Balaban J connectivity index is 1.89. The highest BCUT2D eigenvalue weighted by molar-refractivity contribution is 6.42. The van der Waals surface area contributed by atoms with Crippen molar-refractivity contribution in [2.24, 2.45) is 0 Å². The number of aromatic amines is 1. The van der Waals surface area contributed by atoms with Crippen LogP contribution in [0.25, 0.3) is 11.1 Å². The van der Waals surface area contributed by atoms with Crippen LogP contribution in [-0.2, 0) is 5.41 Å². The molecule has 0 spiro atoms. The van der Waals surface area contributed by atoms with Crippen LogP contribution in [0.4, 0.5) is 22.0 Å². The summed E-state index contributed by atoms with van der Waals surface area (Å²) in [6, 6.07) is 2.75. The van der Waals surface area contributed by atoms with Crippen LogP contribution >= 0.6 is 34.8 Å². The van der Waals surface area contributed by atoms with E-state index in [1.165, 1.54) is 18.3 Å². The minimum absolute atomic E-state index is 0.0714. The van der Waals surface area contributed by atoms with Crippen LogP contribution in [-0.4, -0.2) is 11.0 Å². The van der Waals surface area contributed by atoms with Gasteiger partial charge in [-0.2, -0.15) is 8.78 Å². The molecule has 1 aliphatic rings. The molecule has 1 saturated carbocycles. The summed E-state index contributed by atoms with van der Waals surface area (Å²) < 4.78 is 73.6. The highest BCUT2D eigenvalue weighted by Gasteiger charge is 2.40. The second-order valence-electron chi connectivity index (χ2n) is 7.90. The Morgan fingerprint density at radius 1 is 0.939 bits per heavy atom. The van der Waals surface area contributed by atoms with E-state index in [0.717, 1.165) is 6.42 Å². The number of carbonyl (C=O) groups excluding carboxylic acids is 1. The van der Waals surface area contributed by atoms with E-state index in [1.54, 1.807) is 0 Å². The highest BCUT2D eigenvalue weighted by Crippen LogP contribution is 2.48. The Hall–Kier alpha value is -2.29. The fraction of sp³-hybridized carbons (Fsp3) is 0.227. The van der Waals surface area contributed by atoms with E-state index in [-0.39, 0.29) is 31.8 Å². The van der Waals surface area contributed by atoms with Crippen LogP contribution in [0.2, 0.25) is 15.1 Å². The number of carbonyl (C=O) groups is 1. The van der Waals surface area contributed by atoms with Crippen molar-refractivity contribution in [3.63, 3.8) is 0 Å². The first-order chi connectivity index (χ1) is 15.5. The maximum absolute atomic E-state index is 14.1. The summed E-state index contributed by atoms with van der Waals surface area (Å²) in [5.74, 6) is -14.4. The first-order valence-electron chi connectivity index (χ1n) is 9.56. The van der Waals surface area contributed by atoms with Gasteiger partial charge in [-0.05, 0) is 25.0 Å². The van der Waals surface area contributed by atoms with Gasteiger partial charge in [0.25, 0.3) is 0 Å². The lowest BCUT2D eigenvalue weighted by atomic mass is 9.67. The number of rotatable bonds is 4. The monoisotopic (exact) mass is 523 g/mol. The van der Waals surface area contributed by atoms with Gasteiger partial charge in [-0.25, -0.2) is 18.0 Å². The van der Waals surface area contributed by atoms with Gasteiger partial charge in [0.05, 0.1) is 15.6 Å². The summed E-state index contributed by atoms with van der Waals surface area (Å²) in [4.78, 5) is 16.1. The van der Waals surface area contributed by atoms with Gasteiger partial charge in [0.2, 0.25) is 34.8 Å². The summed E-state index contributed by atoms with van der Waals surface area (Å²) in [6.45, 7) is 1.85. The first-order valence-corrected chi connectivity index (χ1v) is 10.7. The molecule has 3 aromatic rings. The van der Waals surface area contributed by atoms with Gasteiger partial charge in [0, 0.05) is 33.5 Å². The SMILES string of the molecule is CC1(c2[nH]cc(-c3c(Cl)cc(Cl)cc3Cl)c2C(=O)Oc2c(F)c(F)c(F)c(F)c2F)CCC1. The van der Waals surface area contributed by atoms with Crippen LogP contribution in [0.3, 0.4) is 0 Å². The molecule has 33 heavy (non-hydrogen) atoms. The standard InChI is InChI=1S/C22H13Cl3F5NO2/c1-22(3-2-4-22)20-13(9(7-31-20)12-10(24)5-8(23)6-11(12)25)21(32)33-19-17(29)15(27)14(26)16(28)18(19)30/h5-7,31H,2-4H2,1H3. The van der Waals surface area contributed by atoms with Crippen molar-refractivity contribution in [1.82, 2.24) is 4.98 Å². The third-order valence-electron chi connectivity index (χ3n) is 5.79. The van der Waals surface area contributed by atoms with E-state index in [0.29, 0.717) is 18.5 Å². The fourth-order valence-electron chi connectivity index (χ4n) is 3.88. The summed E-state index contributed by atoms with van der Waals surface area (Å²) in [5.41, 5.74) is -0.0443. The van der Waals surface area contributed by atoms with Crippen molar-refractivity contribution < 1.29 is 31.5 Å². The Bertz CT molecular complexity index is 1250. The third-order valence-corrected chi connectivity index (χ3v) is 6.60. The zero-order valence-electron chi connectivity index (χ0n) is 16.7. The van der Waals surface area contributed by atoms with E-state index in [4.69, 9.17) is 39.5 Å². The average molecular weight is 525 g/mol. The maximum Gasteiger partial charge on any atom is 0.346 e. The molecule has 0 aliphatic heterocycles. The zero-order chi connectivity index (χ0) is 24.2. The Kier molecular flexibility index (Phi) is 6.14. The molecule has 0 bridgehead atoms. The number of H-pyrrole nitrogens is 1. The molecule has 0 unspecified atom stereocenters. The quantitative estimate of drug-likeness (QED) is 0.124. The summed E-state index contributed by atoms with van der Waals surface area (Å²) >= 11 is 18.5. The van der Waals surface area contributed by atoms with Gasteiger partial charge in [-0.1, -0.05) is 48.1 Å². The molecule has 1 aliphatic carbocycles. The summed E-state index contributed by atoms with van der Waals surface area (Å²) in [5, 5.41) is 0.366. The fourth-order valence-corrected chi connectivity index (χ4v) is 4.90. The Labute approximate surface area is 199 Å². The van der Waals surface area contributed by atoms with Crippen LogP contribution < -0.4 is 4.74 Å². The van der Waals surface area contributed by atoms with Crippen LogP contribution in [0.1, 0.15) is 42.2 Å². The summed E-state index contributed by atoms with van der Waals surface area (Å²) in [6.07, 6.45) is 3.63. The second-order valence-corrected chi connectivity index (χ2v) is 9.15. The minimum atomic E-state index is -2.37. The van der Waals surface area contributed by atoms with Gasteiger partial charge >= 0.3 is 5.97 Å². The molecular formula is C22H13Cl3F5NO2. The van der Waals surface area contributed by atoms with E-state index in [9.17, 15) is 26.7 Å². The highest BCUT2D eigenvalue weighted by atomic mass is 35.5. The average Bonchev–Trinajstić information content (AvgIpc) is 3.16. The van der Waals surface area contributed by atoms with Crippen molar-refractivity contribution in [2.75, 3.05) is 0 Å². The molecule has 2 aromatic carbocycles. The smallest absolute Gasteiger partial charge is 0.346 e. The van der Waals surface area contributed by atoms with E-state index < -0.39 is 46.2 Å². The van der Waals surface area contributed by atoms with Gasteiger partial charge in [0.15, 0.2) is 0 Å². The number of nitrogens with one attached hydrogen (secondary N) is 1. The van der Waals surface area contributed by atoms with Crippen molar-refractivity contribution in [3.05, 3.63) is 73.7 Å². The molecule has 1 fully saturated rings. The first kappa shape index (κ1) is 23.9. The molecular weight excluding hydrogens is 512 g/mol. The van der Waals surface area contributed by atoms with Gasteiger partial charge in [-0.15, -0.1) is 0 Å². The lowest BCUT2D eigenvalue weighted by Crippen LogP contribution is -2.33. The number of halogens is 8. The lowest BCUT2D eigenvalue weighted by molar-refractivity contribution is 0.0711. The topological polar surface area (TPSA) is 42.1 Å². The number of hydrogen-bond acceptors (Lipinski definition) is 2. The lowest BCUT2D eigenvalue weighted by Gasteiger charge is -2.38. The third kappa shape index (κ3) is 3.88. The normalized spacial score (nSPS) is 14.8. The molecule has 0 radical (unpaired) electrons. The van der Waals surface area contributed by atoms with Crippen LogP contribution in [0.15, 0.2) is 18.3 Å². The van der Waals surface area contributed by atoms with Crippen molar-refractivity contribution in [2.45, 2.75) is 31.6 Å². The zero-order valence-corrected chi connectivity index (χ0v) is 19.0. The number of benzene rings is 2. The molecule has 0 saturated heterocycles. The number of hydrogen-bond donors (Lipinski definition) is 1. The van der Waals surface area contributed by atoms with E-state index in [2.05, 4.69) is 4.98 Å². The van der Waals surface area contributed by atoms with Gasteiger partial charge in [0.1, 0.15) is 0 Å². The molecule has 0 atom stereocenters. The van der Waals surface area contributed by atoms with Crippen molar-refractivity contribution >= 4 is 40.8 Å². The molecule has 4 rings (SSSR count).